The summed E-state index contributed by atoms with van der Waals surface area (Å²) < 4.78 is 29.3. The summed E-state index contributed by atoms with van der Waals surface area (Å²) in [5, 5.41) is -1.01. The van der Waals surface area contributed by atoms with Gasteiger partial charge in [-0.25, -0.2) is 8.42 Å². The predicted molar refractivity (Wildman–Crippen MR) is 85.3 cm³/mol. The van der Waals surface area contributed by atoms with Crippen LogP contribution in [0.4, 0.5) is 0 Å². The van der Waals surface area contributed by atoms with Crippen molar-refractivity contribution in [2.75, 3.05) is 12.8 Å². The molecule has 0 aromatic carbocycles. The molecule has 0 aliphatic carbocycles. The number of amides is 1. The Morgan fingerprint density at radius 3 is 2.68 bits per heavy atom. The minimum absolute atomic E-state index is 0.153. The summed E-state index contributed by atoms with van der Waals surface area (Å²) in [6.45, 7) is 4.08. The standard InChI is InChI=1S/C16H25NO4S/c1-4-13-9-10-15(21-13)14-8-6-5-7-11-17(14)16(18)12(2)22(3,19)20/h9-10,12,14H,4-8,11H2,1-3H3/t12-,14+/m0/s1. The van der Waals surface area contributed by atoms with Crippen molar-refractivity contribution in [1.82, 2.24) is 4.90 Å². The van der Waals surface area contributed by atoms with E-state index >= 15 is 0 Å². The van der Waals surface area contributed by atoms with E-state index in [-0.39, 0.29) is 11.9 Å². The van der Waals surface area contributed by atoms with E-state index in [1.165, 1.54) is 6.92 Å². The first-order valence-corrected chi connectivity index (χ1v) is 9.88. The summed E-state index contributed by atoms with van der Waals surface area (Å²) in [7, 11) is -3.39. The highest BCUT2D eigenvalue weighted by atomic mass is 32.2. The molecule has 0 spiro atoms. The van der Waals surface area contributed by atoms with Gasteiger partial charge in [0.25, 0.3) is 0 Å². The lowest BCUT2D eigenvalue weighted by Gasteiger charge is -2.30. The van der Waals surface area contributed by atoms with E-state index in [1.807, 2.05) is 19.1 Å². The van der Waals surface area contributed by atoms with E-state index < -0.39 is 15.1 Å². The first kappa shape index (κ1) is 17.1. The Bertz CT molecular complexity index is 620. The lowest BCUT2D eigenvalue weighted by molar-refractivity contribution is -0.133. The fraction of sp³-hybridized carbons (Fsp3) is 0.688. The number of hydrogen-bond acceptors (Lipinski definition) is 4. The Morgan fingerprint density at radius 1 is 1.36 bits per heavy atom. The van der Waals surface area contributed by atoms with Crippen LogP contribution in [0.5, 0.6) is 0 Å². The fourth-order valence-corrected chi connectivity index (χ4v) is 3.35. The van der Waals surface area contributed by atoms with E-state index in [9.17, 15) is 13.2 Å². The van der Waals surface area contributed by atoms with Crippen LogP contribution in [0.1, 0.15) is 57.1 Å². The van der Waals surface area contributed by atoms with Crippen LogP contribution in [-0.2, 0) is 21.1 Å². The van der Waals surface area contributed by atoms with Gasteiger partial charge in [-0.05, 0) is 31.9 Å². The van der Waals surface area contributed by atoms with Crippen LogP contribution in [0.2, 0.25) is 0 Å². The quantitative estimate of drug-likeness (QED) is 0.853. The monoisotopic (exact) mass is 327 g/mol. The molecule has 0 bridgehead atoms. The highest BCUT2D eigenvalue weighted by Crippen LogP contribution is 2.32. The molecule has 22 heavy (non-hydrogen) atoms. The second-order valence-electron chi connectivity index (χ2n) is 6.03. The summed E-state index contributed by atoms with van der Waals surface area (Å²) in [6.07, 6.45) is 5.71. The molecular weight excluding hydrogens is 302 g/mol. The average Bonchev–Trinajstić information content (AvgIpc) is 2.81. The highest BCUT2D eigenvalue weighted by molar-refractivity contribution is 7.92. The Kier molecular flexibility index (Phi) is 5.32. The summed E-state index contributed by atoms with van der Waals surface area (Å²) in [5.41, 5.74) is 0. The van der Waals surface area contributed by atoms with Gasteiger partial charge in [-0.15, -0.1) is 0 Å². The van der Waals surface area contributed by atoms with E-state index in [0.29, 0.717) is 6.54 Å². The summed E-state index contributed by atoms with van der Waals surface area (Å²) in [4.78, 5) is 14.4. The van der Waals surface area contributed by atoms with Gasteiger partial charge in [0, 0.05) is 19.2 Å². The van der Waals surface area contributed by atoms with Crippen LogP contribution in [0, 0.1) is 0 Å². The number of aryl methyl sites for hydroxylation is 1. The summed E-state index contributed by atoms with van der Waals surface area (Å²) in [5.74, 6) is 1.35. The fourth-order valence-electron chi connectivity index (χ4n) is 2.85. The van der Waals surface area contributed by atoms with Crippen molar-refractivity contribution >= 4 is 15.7 Å². The maximum absolute atomic E-state index is 12.7. The van der Waals surface area contributed by atoms with Gasteiger partial charge in [-0.2, -0.15) is 0 Å². The zero-order chi connectivity index (χ0) is 16.3. The molecule has 6 heteroatoms. The number of carbonyl (C=O) groups is 1. The molecule has 1 aromatic heterocycles. The maximum atomic E-state index is 12.7. The third-order valence-corrected chi connectivity index (χ3v) is 5.87. The number of likely N-dealkylation sites (tertiary alicyclic amines) is 1. The van der Waals surface area contributed by atoms with E-state index in [1.54, 1.807) is 4.90 Å². The molecule has 1 aliphatic rings. The molecule has 124 valence electrons. The molecule has 0 radical (unpaired) electrons. The van der Waals surface area contributed by atoms with Crippen molar-refractivity contribution < 1.29 is 17.6 Å². The van der Waals surface area contributed by atoms with Gasteiger partial charge in [0.1, 0.15) is 16.8 Å². The molecular formula is C16H25NO4S. The normalized spacial score (nSPS) is 21.4. The van der Waals surface area contributed by atoms with Crippen molar-refractivity contribution in [1.29, 1.82) is 0 Å². The van der Waals surface area contributed by atoms with Crippen LogP contribution in [0.3, 0.4) is 0 Å². The predicted octanol–water partition coefficient (Wildman–Crippen LogP) is 2.72. The largest absolute Gasteiger partial charge is 0.464 e. The summed E-state index contributed by atoms with van der Waals surface area (Å²) >= 11 is 0. The first-order valence-electron chi connectivity index (χ1n) is 7.92. The van der Waals surface area contributed by atoms with Crippen molar-refractivity contribution in [3.63, 3.8) is 0 Å². The van der Waals surface area contributed by atoms with E-state index in [2.05, 4.69) is 0 Å². The molecule has 0 unspecified atom stereocenters. The Morgan fingerprint density at radius 2 is 2.09 bits per heavy atom. The van der Waals surface area contributed by atoms with Gasteiger partial charge in [-0.1, -0.05) is 19.8 Å². The van der Waals surface area contributed by atoms with Gasteiger partial charge in [0.2, 0.25) is 5.91 Å². The van der Waals surface area contributed by atoms with Crippen LogP contribution in [-0.4, -0.2) is 37.3 Å². The topological polar surface area (TPSA) is 67.6 Å². The van der Waals surface area contributed by atoms with Crippen molar-refractivity contribution in [2.24, 2.45) is 0 Å². The zero-order valence-electron chi connectivity index (χ0n) is 13.5. The molecule has 1 aliphatic heterocycles. The smallest absolute Gasteiger partial charge is 0.241 e. The van der Waals surface area contributed by atoms with E-state index in [0.717, 1.165) is 49.9 Å². The molecule has 2 atom stereocenters. The summed E-state index contributed by atoms with van der Waals surface area (Å²) in [6, 6.07) is 3.70. The molecule has 5 nitrogen and oxygen atoms in total. The van der Waals surface area contributed by atoms with Gasteiger partial charge < -0.3 is 9.32 Å². The molecule has 2 rings (SSSR count). The molecule has 2 heterocycles. The Labute approximate surface area is 132 Å². The van der Waals surface area contributed by atoms with Crippen LogP contribution in [0.15, 0.2) is 16.5 Å². The molecule has 1 aromatic rings. The van der Waals surface area contributed by atoms with Crippen LogP contribution in [0.25, 0.3) is 0 Å². The number of sulfone groups is 1. The lowest BCUT2D eigenvalue weighted by atomic mass is 10.1. The van der Waals surface area contributed by atoms with E-state index in [4.69, 9.17) is 4.42 Å². The molecule has 1 saturated heterocycles. The minimum atomic E-state index is -3.39. The third-order valence-electron chi connectivity index (χ3n) is 4.39. The van der Waals surface area contributed by atoms with Crippen molar-refractivity contribution in [3.8, 4) is 0 Å². The van der Waals surface area contributed by atoms with Crippen LogP contribution < -0.4 is 0 Å². The molecule has 0 N–H and O–H groups in total. The van der Waals surface area contributed by atoms with Crippen LogP contribution >= 0.6 is 0 Å². The second kappa shape index (κ2) is 6.86. The average molecular weight is 327 g/mol. The lowest BCUT2D eigenvalue weighted by Crippen LogP contribution is -2.43. The Balaban J connectivity index is 2.29. The van der Waals surface area contributed by atoms with Crippen molar-refractivity contribution in [2.45, 2.75) is 57.2 Å². The Hall–Kier alpha value is -1.30. The number of furan rings is 1. The number of nitrogens with zero attached hydrogens (tertiary/aromatic N) is 1. The molecule has 1 amide bonds. The SMILES string of the molecule is CCc1ccc([C@H]2CCCCCN2C(=O)[C@H](C)S(C)(=O)=O)o1. The number of carbonyl (C=O) groups excluding carboxylic acids is 1. The van der Waals surface area contributed by atoms with Gasteiger partial charge in [0.15, 0.2) is 9.84 Å². The molecule has 1 fully saturated rings. The zero-order valence-corrected chi connectivity index (χ0v) is 14.4. The maximum Gasteiger partial charge on any atom is 0.241 e. The third kappa shape index (κ3) is 3.72. The van der Waals surface area contributed by atoms with Gasteiger partial charge in [-0.3, -0.25) is 4.79 Å². The van der Waals surface area contributed by atoms with Gasteiger partial charge >= 0.3 is 0 Å². The first-order chi connectivity index (χ1) is 10.3. The van der Waals surface area contributed by atoms with Gasteiger partial charge in [0.05, 0.1) is 6.04 Å². The molecule has 0 saturated carbocycles. The minimum Gasteiger partial charge on any atom is -0.464 e. The highest BCUT2D eigenvalue weighted by Gasteiger charge is 2.35. The second-order valence-corrected chi connectivity index (χ2v) is 8.39. The number of rotatable bonds is 4. The van der Waals surface area contributed by atoms with Crippen molar-refractivity contribution in [3.05, 3.63) is 23.7 Å². The number of hydrogen-bond donors (Lipinski definition) is 0.